The summed E-state index contributed by atoms with van der Waals surface area (Å²) in [5.74, 6) is 0.726. The molecule has 1 aromatic rings. The number of halogens is 1. The van der Waals surface area contributed by atoms with Crippen LogP contribution in [0.2, 0.25) is 0 Å². The zero-order valence-electron chi connectivity index (χ0n) is 12.3. The first-order valence-electron chi connectivity index (χ1n) is 7.05. The number of benzene rings is 1. The number of hydrogen-bond acceptors (Lipinski definition) is 2. The maximum Gasteiger partial charge on any atom is 0.243 e. The van der Waals surface area contributed by atoms with Gasteiger partial charge in [-0.2, -0.15) is 4.31 Å². The largest absolute Gasteiger partial charge is 0.243 e. The molecule has 112 valence electrons. The molecule has 2 rings (SSSR count). The number of hydrogen-bond donors (Lipinski definition) is 0. The van der Waals surface area contributed by atoms with E-state index in [1.54, 1.807) is 10.4 Å². The first-order chi connectivity index (χ1) is 9.37. The molecular weight excluding hydrogens is 294 g/mol. The maximum absolute atomic E-state index is 12.9. The Hall–Kier alpha value is -0.580. The highest BCUT2D eigenvalue weighted by molar-refractivity contribution is 7.89. The summed E-state index contributed by atoms with van der Waals surface area (Å²) in [6.45, 7) is 6.57. The second-order valence-electron chi connectivity index (χ2n) is 5.71. The van der Waals surface area contributed by atoms with E-state index in [-0.39, 0.29) is 6.04 Å². The average molecular weight is 316 g/mol. The van der Waals surface area contributed by atoms with Crippen LogP contribution >= 0.6 is 11.6 Å². The highest BCUT2D eigenvalue weighted by Crippen LogP contribution is 2.30. The predicted molar refractivity (Wildman–Crippen MR) is 82.5 cm³/mol. The molecule has 1 aromatic carbocycles. The van der Waals surface area contributed by atoms with Crippen LogP contribution in [0.25, 0.3) is 0 Å². The first-order valence-corrected chi connectivity index (χ1v) is 9.02. The number of piperidine rings is 1. The van der Waals surface area contributed by atoms with E-state index in [1.807, 2.05) is 26.0 Å². The molecule has 3 nitrogen and oxygen atoms in total. The SMILES string of the molecule is Cc1ccc(CCl)cc1S(=O)(=O)N1CCCC(C)C1C. The van der Waals surface area contributed by atoms with Crippen LogP contribution in [-0.2, 0) is 15.9 Å². The monoisotopic (exact) mass is 315 g/mol. The van der Waals surface area contributed by atoms with Gasteiger partial charge in [0.15, 0.2) is 0 Å². The van der Waals surface area contributed by atoms with E-state index in [0.29, 0.717) is 23.2 Å². The summed E-state index contributed by atoms with van der Waals surface area (Å²) >= 11 is 5.83. The van der Waals surface area contributed by atoms with Gasteiger partial charge >= 0.3 is 0 Å². The van der Waals surface area contributed by atoms with Crippen LogP contribution in [0.5, 0.6) is 0 Å². The summed E-state index contributed by atoms with van der Waals surface area (Å²) in [4.78, 5) is 0.400. The number of rotatable bonds is 3. The van der Waals surface area contributed by atoms with Crippen LogP contribution in [-0.4, -0.2) is 25.3 Å². The molecule has 2 atom stereocenters. The van der Waals surface area contributed by atoms with Gasteiger partial charge in [0.05, 0.1) is 4.90 Å². The van der Waals surface area contributed by atoms with Crippen molar-refractivity contribution in [2.45, 2.75) is 50.4 Å². The van der Waals surface area contributed by atoms with Gasteiger partial charge in [-0.1, -0.05) is 19.1 Å². The van der Waals surface area contributed by atoms with Gasteiger partial charge in [-0.05, 0) is 49.8 Å². The summed E-state index contributed by atoms with van der Waals surface area (Å²) in [6, 6.07) is 5.48. The molecule has 20 heavy (non-hydrogen) atoms. The van der Waals surface area contributed by atoms with Crippen LogP contribution in [0.3, 0.4) is 0 Å². The van der Waals surface area contributed by atoms with E-state index >= 15 is 0 Å². The summed E-state index contributed by atoms with van der Waals surface area (Å²) in [7, 11) is -3.43. The first kappa shape index (κ1) is 15.8. The van der Waals surface area contributed by atoms with E-state index in [2.05, 4.69) is 6.92 Å². The van der Waals surface area contributed by atoms with Crippen molar-refractivity contribution in [2.24, 2.45) is 5.92 Å². The zero-order valence-corrected chi connectivity index (χ0v) is 13.8. The molecule has 1 aliphatic heterocycles. The molecular formula is C15H22ClNO2S. The van der Waals surface area contributed by atoms with Crippen LogP contribution in [0.1, 0.15) is 37.8 Å². The average Bonchev–Trinajstić information content (AvgIpc) is 2.42. The van der Waals surface area contributed by atoms with Crippen molar-refractivity contribution in [3.8, 4) is 0 Å². The molecule has 0 spiro atoms. The maximum atomic E-state index is 12.9. The fourth-order valence-corrected chi connectivity index (χ4v) is 4.98. The molecule has 0 bridgehead atoms. The van der Waals surface area contributed by atoms with E-state index in [1.165, 1.54) is 0 Å². The molecule has 0 aromatic heterocycles. The van der Waals surface area contributed by atoms with Gasteiger partial charge in [-0.3, -0.25) is 0 Å². The van der Waals surface area contributed by atoms with Gasteiger partial charge < -0.3 is 0 Å². The number of aryl methyl sites for hydroxylation is 1. The summed E-state index contributed by atoms with van der Waals surface area (Å²) in [6.07, 6.45) is 2.02. The standard InChI is InChI=1S/C15H22ClNO2S/c1-11-5-4-8-17(13(11)3)20(18,19)15-9-14(10-16)7-6-12(15)2/h6-7,9,11,13H,4-5,8,10H2,1-3H3. The summed E-state index contributed by atoms with van der Waals surface area (Å²) in [5.41, 5.74) is 1.62. The minimum Gasteiger partial charge on any atom is -0.207 e. The lowest BCUT2D eigenvalue weighted by Gasteiger charge is -2.37. The molecule has 1 aliphatic rings. The molecule has 2 unspecified atom stereocenters. The van der Waals surface area contributed by atoms with Gasteiger partial charge in [0, 0.05) is 18.5 Å². The van der Waals surface area contributed by atoms with Gasteiger partial charge in [-0.25, -0.2) is 8.42 Å². The van der Waals surface area contributed by atoms with E-state index in [0.717, 1.165) is 24.0 Å². The molecule has 1 saturated heterocycles. The van der Waals surface area contributed by atoms with Crippen molar-refractivity contribution in [2.75, 3.05) is 6.54 Å². The van der Waals surface area contributed by atoms with Gasteiger partial charge in [0.25, 0.3) is 0 Å². The van der Waals surface area contributed by atoms with Crippen molar-refractivity contribution in [1.29, 1.82) is 0 Å². The molecule has 5 heteroatoms. The Morgan fingerprint density at radius 2 is 2.05 bits per heavy atom. The van der Waals surface area contributed by atoms with Crippen LogP contribution < -0.4 is 0 Å². The molecule has 0 N–H and O–H groups in total. The Morgan fingerprint density at radius 3 is 2.70 bits per heavy atom. The van der Waals surface area contributed by atoms with Crippen LogP contribution in [0, 0.1) is 12.8 Å². The fraction of sp³-hybridized carbons (Fsp3) is 0.600. The zero-order chi connectivity index (χ0) is 14.9. The van der Waals surface area contributed by atoms with Crippen molar-refractivity contribution < 1.29 is 8.42 Å². The Labute approximate surface area is 127 Å². The molecule has 0 radical (unpaired) electrons. The molecule has 0 aliphatic carbocycles. The Morgan fingerprint density at radius 1 is 1.35 bits per heavy atom. The second-order valence-corrected chi connectivity index (χ2v) is 7.84. The lowest BCUT2D eigenvalue weighted by molar-refractivity contribution is 0.202. The van der Waals surface area contributed by atoms with E-state index in [9.17, 15) is 8.42 Å². The third kappa shape index (κ3) is 2.87. The van der Waals surface area contributed by atoms with Crippen LogP contribution in [0.4, 0.5) is 0 Å². The quantitative estimate of drug-likeness (QED) is 0.800. The molecule has 0 amide bonds. The Balaban J connectivity index is 2.44. The lowest BCUT2D eigenvalue weighted by Crippen LogP contribution is -2.46. The highest BCUT2D eigenvalue weighted by Gasteiger charge is 2.35. The fourth-order valence-electron chi connectivity index (χ4n) is 2.77. The number of sulfonamides is 1. The van der Waals surface area contributed by atoms with Crippen molar-refractivity contribution in [3.63, 3.8) is 0 Å². The normalized spacial score (nSPS) is 24.8. The molecule has 0 saturated carbocycles. The van der Waals surface area contributed by atoms with Crippen LogP contribution in [0.15, 0.2) is 23.1 Å². The summed E-state index contributed by atoms with van der Waals surface area (Å²) < 4.78 is 27.5. The number of nitrogens with zero attached hydrogens (tertiary/aromatic N) is 1. The van der Waals surface area contributed by atoms with E-state index < -0.39 is 10.0 Å². The Bertz CT molecular complexity index is 586. The topological polar surface area (TPSA) is 37.4 Å². The number of alkyl halides is 1. The molecule has 1 fully saturated rings. The van der Waals surface area contributed by atoms with Crippen molar-refractivity contribution in [1.82, 2.24) is 4.31 Å². The van der Waals surface area contributed by atoms with Gasteiger partial charge in [0.2, 0.25) is 10.0 Å². The van der Waals surface area contributed by atoms with Crippen molar-refractivity contribution >= 4 is 21.6 Å². The lowest BCUT2D eigenvalue weighted by atomic mass is 9.94. The highest BCUT2D eigenvalue weighted by atomic mass is 35.5. The van der Waals surface area contributed by atoms with E-state index in [4.69, 9.17) is 11.6 Å². The van der Waals surface area contributed by atoms with Crippen molar-refractivity contribution in [3.05, 3.63) is 29.3 Å². The smallest absolute Gasteiger partial charge is 0.207 e. The molecule has 1 heterocycles. The summed E-state index contributed by atoms with van der Waals surface area (Å²) in [5, 5.41) is 0. The minimum absolute atomic E-state index is 0.0489. The Kier molecular flexibility index (Phi) is 4.77. The van der Waals surface area contributed by atoms with Gasteiger partial charge in [0.1, 0.15) is 0 Å². The third-order valence-corrected chi connectivity index (χ3v) is 6.75. The van der Waals surface area contributed by atoms with Gasteiger partial charge in [-0.15, -0.1) is 11.6 Å². The second kappa shape index (κ2) is 6.04. The minimum atomic E-state index is -3.43. The predicted octanol–water partition coefficient (Wildman–Crippen LogP) is 3.54. The third-order valence-electron chi connectivity index (χ3n) is 4.31.